The Morgan fingerprint density at radius 3 is 2.65 bits per heavy atom. The summed E-state index contributed by atoms with van der Waals surface area (Å²) in [6, 6.07) is 0.433. The molecule has 6 heteroatoms. The first-order chi connectivity index (χ1) is 11.0. The summed E-state index contributed by atoms with van der Waals surface area (Å²) in [5.74, 6) is 0.571. The summed E-state index contributed by atoms with van der Waals surface area (Å²) in [5, 5.41) is 4.18. The molecule has 0 unspecified atom stereocenters. The number of rotatable bonds is 7. The normalized spacial score (nSPS) is 17.4. The monoisotopic (exact) mass is 339 g/mol. The van der Waals surface area contributed by atoms with E-state index in [9.17, 15) is 4.79 Å². The number of hydrogen-bond donors (Lipinski definition) is 1. The largest absolute Gasteiger partial charge is 0.379 e. The Bertz CT molecular complexity index is 510. The molecule has 130 valence electrons. The van der Waals surface area contributed by atoms with E-state index in [0.29, 0.717) is 24.9 Å². The van der Waals surface area contributed by atoms with Crippen LogP contribution in [-0.4, -0.2) is 48.1 Å². The summed E-state index contributed by atoms with van der Waals surface area (Å²) in [5.41, 5.74) is 1.04. The highest BCUT2D eigenvalue weighted by Crippen LogP contribution is 2.24. The van der Waals surface area contributed by atoms with Crippen molar-refractivity contribution in [2.75, 3.05) is 26.3 Å². The molecule has 5 nitrogen and oxygen atoms in total. The summed E-state index contributed by atoms with van der Waals surface area (Å²) in [4.78, 5) is 20.2. The SMILES string of the molecule is Cc1nc(C(C)C)sc1CNC(=O)CC[C@H](C)N1CCOCC1. The van der Waals surface area contributed by atoms with Gasteiger partial charge in [0.25, 0.3) is 0 Å². The van der Waals surface area contributed by atoms with E-state index in [0.717, 1.165) is 43.4 Å². The molecule has 0 spiro atoms. The van der Waals surface area contributed by atoms with Gasteiger partial charge in [-0.3, -0.25) is 9.69 Å². The van der Waals surface area contributed by atoms with Gasteiger partial charge in [-0.05, 0) is 20.3 Å². The fourth-order valence-corrected chi connectivity index (χ4v) is 3.68. The molecule has 0 radical (unpaired) electrons. The number of morpholine rings is 1. The molecule has 0 aliphatic carbocycles. The second kappa shape index (κ2) is 8.76. The molecule has 0 bridgehead atoms. The molecule has 23 heavy (non-hydrogen) atoms. The molecule has 1 fully saturated rings. The minimum Gasteiger partial charge on any atom is -0.379 e. The van der Waals surface area contributed by atoms with E-state index in [-0.39, 0.29) is 5.91 Å². The van der Waals surface area contributed by atoms with Crippen LogP contribution >= 0.6 is 11.3 Å². The van der Waals surface area contributed by atoms with Crippen LogP contribution in [0, 0.1) is 6.92 Å². The molecule has 2 heterocycles. The van der Waals surface area contributed by atoms with E-state index in [4.69, 9.17) is 4.74 Å². The quantitative estimate of drug-likeness (QED) is 0.830. The van der Waals surface area contributed by atoms with Gasteiger partial charge >= 0.3 is 0 Å². The number of ether oxygens (including phenoxy) is 1. The topological polar surface area (TPSA) is 54.5 Å². The zero-order valence-corrected chi connectivity index (χ0v) is 15.5. The third kappa shape index (κ3) is 5.55. The molecule has 2 rings (SSSR count). The van der Waals surface area contributed by atoms with Crippen molar-refractivity contribution in [2.24, 2.45) is 0 Å². The predicted octanol–water partition coefficient (Wildman–Crippen LogP) is 2.69. The zero-order chi connectivity index (χ0) is 16.8. The van der Waals surface area contributed by atoms with Gasteiger partial charge in [-0.1, -0.05) is 13.8 Å². The van der Waals surface area contributed by atoms with Gasteiger partial charge in [-0.25, -0.2) is 4.98 Å². The van der Waals surface area contributed by atoms with Crippen molar-refractivity contribution in [3.05, 3.63) is 15.6 Å². The zero-order valence-electron chi connectivity index (χ0n) is 14.7. The summed E-state index contributed by atoms with van der Waals surface area (Å²) < 4.78 is 5.37. The molecule has 1 aliphatic rings. The van der Waals surface area contributed by atoms with Crippen molar-refractivity contribution in [1.82, 2.24) is 15.2 Å². The van der Waals surface area contributed by atoms with Gasteiger partial charge in [0.2, 0.25) is 5.91 Å². The lowest BCUT2D eigenvalue weighted by molar-refractivity contribution is -0.121. The molecule has 1 saturated heterocycles. The first kappa shape index (κ1) is 18.4. The Labute approximate surface area is 143 Å². The smallest absolute Gasteiger partial charge is 0.220 e. The molecule has 1 aliphatic heterocycles. The van der Waals surface area contributed by atoms with Crippen LogP contribution in [-0.2, 0) is 16.1 Å². The van der Waals surface area contributed by atoms with Gasteiger partial charge in [0.05, 0.1) is 30.5 Å². The number of amides is 1. The molecule has 1 amide bonds. The Morgan fingerprint density at radius 1 is 1.35 bits per heavy atom. The lowest BCUT2D eigenvalue weighted by Gasteiger charge is -2.32. The van der Waals surface area contributed by atoms with Gasteiger partial charge in [0, 0.05) is 36.3 Å². The molecule has 1 N–H and O–H groups in total. The van der Waals surface area contributed by atoms with Gasteiger partial charge < -0.3 is 10.1 Å². The van der Waals surface area contributed by atoms with Gasteiger partial charge in [0.1, 0.15) is 0 Å². The molecule has 1 aromatic heterocycles. The number of nitrogens with zero attached hydrogens (tertiary/aromatic N) is 2. The van der Waals surface area contributed by atoms with Crippen molar-refractivity contribution in [3.63, 3.8) is 0 Å². The number of aryl methyl sites for hydroxylation is 1. The summed E-state index contributed by atoms with van der Waals surface area (Å²) in [7, 11) is 0. The minimum absolute atomic E-state index is 0.129. The fourth-order valence-electron chi connectivity index (χ4n) is 2.67. The van der Waals surface area contributed by atoms with Crippen molar-refractivity contribution in [3.8, 4) is 0 Å². The average Bonchev–Trinajstić information content (AvgIpc) is 2.92. The summed E-state index contributed by atoms with van der Waals surface area (Å²) >= 11 is 1.71. The predicted molar refractivity (Wildman–Crippen MR) is 93.9 cm³/mol. The first-order valence-electron chi connectivity index (χ1n) is 8.52. The van der Waals surface area contributed by atoms with Crippen LogP contribution in [0.3, 0.4) is 0 Å². The van der Waals surface area contributed by atoms with E-state index in [1.165, 1.54) is 4.88 Å². The van der Waals surface area contributed by atoms with Crippen LogP contribution < -0.4 is 5.32 Å². The highest BCUT2D eigenvalue weighted by Gasteiger charge is 2.18. The second-order valence-electron chi connectivity index (χ2n) is 6.53. The van der Waals surface area contributed by atoms with Gasteiger partial charge in [-0.2, -0.15) is 0 Å². The fraction of sp³-hybridized carbons (Fsp3) is 0.765. The van der Waals surface area contributed by atoms with Crippen molar-refractivity contribution >= 4 is 17.2 Å². The minimum atomic E-state index is 0.129. The number of nitrogens with one attached hydrogen (secondary N) is 1. The van der Waals surface area contributed by atoms with Crippen LogP contribution in [0.15, 0.2) is 0 Å². The summed E-state index contributed by atoms with van der Waals surface area (Å²) in [6.07, 6.45) is 1.47. The van der Waals surface area contributed by atoms with Gasteiger partial charge in [0.15, 0.2) is 0 Å². The lowest BCUT2D eigenvalue weighted by atomic mass is 10.1. The molecular weight excluding hydrogens is 310 g/mol. The molecule has 0 aromatic carbocycles. The van der Waals surface area contributed by atoms with E-state index < -0.39 is 0 Å². The average molecular weight is 340 g/mol. The highest BCUT2D eigenvalue weighted by atomic mass is 32.1. The number of aromatic nitrogens is 1. The third-order valence-electron chi connectivity index (χ3n) is 4.31. The second-order valence-corrected chi connectivity index (χ2v) is 7.64. The number of carbonyl (C=O) groups excluding carboxylic acids is 1. The molecule has 1 aromatic rings. The Kier molecular flexibility index (Phi) is 6.99. The van der Waals surface area contributed by atoms with Crippen LogP contribution in [0.2, 0.25) is 0 Å². The molecular formula is C17H29N3O2S. The maximum absolute atomic E-state index is 12.1. The number of thiazole rings is 1. The standard InChI is InChI=1S/C17H29N3O2S/c1-12(2)17-19-14(4)15(23-17)11-18-16(21)6-5-13(3)20-7-9-22-10-8-20/h12-13H,5-11H2,1-4H3,(H,18,21)/t13-/m0/s1. The Balaban J connectivity index is 1.72. The maximum atomic E-state index is 12.1. The lowest BCUT2D eigenvalue weighted by Crippen LogP contribution is -2.42. The first-order valence-corrected chi connectivity index (χ1v) is 9.33. The van der Waals surface area contributed by atoms with Crippen molar-refractivity contribution in [1.29, 1.82) is 0 Å². The Hall–Kier alpha value is -0.980. The van der Waals surface area contributed by atoms with Crippen LogP contribution in [0.5, 0.6) is 0 Å². The van der Waals surface area contributed by atoms with E-state index in [1.54, 1.807) is 11.3 Å². The van der Waals surface area contributed by atoms with Crippen LogP contribution in [0.4, 0.5) is 0 Å². The summed E-state index contributed by atoms with van der Waals surface area (Å²) in [6.45, 7) is 12.7. The highest BCUT2D eigenvalue weighted by molar-refractivity contribution is 7.11. The Morgan fingerprint density at radius 2 is 2.04 bits per heavy atom. The third-order valence-corrected chi connectivity index (χ3v) is 5.77. The van der Waals surface area contributed by atoms with Gasteiger partial charge in [-0.15, -0.1) is 11.3 Å². The van der Waals surface area contributed by atoms with Crippen molar-refractivity contribution in [2.45, 2.75) is 59.0 Å². The molecule has 0 saturated carbocycles. The maximum Gasteiger partial charge on any atom is 0.220 e. The van der Waals surface area contributed by atoms with Crippen LogP contribution in [0.25, 0.3) is 0 Å². The molecule has 1 atom stereocenters. The van der Waals surface area contributed by atoms with E-state index in [2.05, 4.69) is 36.0 Å². The van der Waals surface area contributed by atoms with Crippen molar-refractivity contribution < 1.29 is 9.53 Å². The van der Waals surface area contributed by atoms with E-state index in [1.807, 2.05) is 6.92 Å². The van der Waals surface area contributed by atoms with E-state index >= 15 is 0 Å². The van der Waals surface area contributed by atoms with Crippen LogP contribution in [0.1, 0.15) is 55.1 Å². The number of carbonyl (C=O) groups is 1. The number of hydrogen-bond acceptors (Lipinski definition) is 5.